The molecule has 1 atom stereocenters. The van der Waals surface area contributed by atoms with Crippen molar-refractivity contribution in [2.24, 2.45) is 5.92 Å². The number of hydrogen-bond acceptors (Lipinski definition) is 3. The number of carbonyl (C=O) groups is 2. The van der Waals surface area contributed by atoms with Crippen molar-refractivity contribution in [1.29, 1.82) is 0 Å². The lowest BCUT2D eigenvalue weighted by Gasteiger charge is -2.01. The molecule has 0 amide bonds. The van der Waals surface area contributed by atoms with Gasteiger partial charge in [-0.1, -0.05) is 0 Å². The van der Waals surface area contributed by atoms with E-state index >= 15 is 0 Å². The van der Waals surface area contributed by atoms with Gasteiger partial charge in [0.15, 0.2) is 0 Å². The van der Waals surface area contributed by atoms with Crippen LogP contribution in [0, 0.1) is 5.92 Å². The van der Waals surface area contributed by atoms with Gasteiger partial charge in [-0.05, 0) is 6.92 Å². The molecule has 0 aromatic heterocycles. The summed E-state index contributed by atoms with van der Waals surface area (Å²) >= 11 is 0. The van der Waals surface area contributed by atoms with Gasteiger partial charge in [-0.3, -0.25) is 9.59 Å². The molecule has 72 valence electrons. The van der Waals surface area contributed by atoms with E-state index in [0.29, 0.717) is 0 Å². The first-order chi connectivity index (χ1) is 5.41. The third-order valence-corrected chi connectivity index (χ3v) is 0.838. The van der Waals surface area contributed by atoms with E-state index in [-0.39, 0.29) is 12.5 Å². The predicted octanol–water partition coefficient (Wildman–Crippen LogP) is 0.444. The van der Waals surface area contributed by atoms with Gasteiger partial charge in [-0.25, -0.2) is 0 Å². The largest absolute Gasteiger partial charge is 0.481 e. The molecule has 0 aromatic carbocycles. The van der Waals surface area contributed by atoms with E-state index in [1.165, 1.54) is 7.11 Å². The Bertz CT molecular complexity index is 139. The highest BCUT2D eigenvalue weighted by atomic mass is 16.5. The summed E-state index contributed by atoms with van der Waals surface area (Å²) in [5.41, 5.74) is 0. The van der Waals surface area contributed by atoms with Crippen LogP contribution in [0.5, 0.6) is 0 Å². The van der Waals surface area contributed by atoms with Crippen LogP contribution in [-0.2, 0) is 14.3 Å². The highest BCUT2D eigenvalue weighted by Gasteiger charge is 2.08. The molecule has 0 spiro atoms. The van der Waals surface area contributed by atoms with Crippen LogP contribution in [0.3, 0.4) is 0 Å². The first-order valence-corrected chi connectivity index (χ1v) is 3.33. The van der Waals surface area contributed by atoms with Crippen molar-refractivity contribution < 1.29 is 24.5 Å². The number of ether oxygens (including phenoxy) is 1. The molecule has 0 aliphatic carbocycles. The summed E-state index contributed by atoms with van der Waals surface area (Å²) in [6.07, 6.45) is 0. The van der Waals surface area contributed by atoms with Crippen LogP contribution in [-0.4, -0.2) is 35.9 Å². The molecular weight excluding hydrogens is 164 g/mol. The predicted molar refractivity (Wildman–Crippen MR) is 42.0 cm³/mol. The maximum atomic E-state index is 10.0. The Hall–Kier alpha value is -1.10. The second kappa shape index (κ2) is 8.00. The van der Waals surface area contributed by atoms with Crippen LogP contribution in [0.1, 0.15) is 13.8 Å². The lowest BCUT2D eigenvalue weighted by atomic mass is 10.2. The smallest absolute Gasteiger partial charge is 0.308 e. The normalized spacial score (nSPS) is 10.9. The summed E-state index contributed by atoms with van der Waals surface area (Å²) in [5.74, 6) is -2.04. The molecule has 0 saturated heterocycles. The van der Waals surface area contributed by atoms with Gasteiger partial charge in [-0.2, -0.15) is 0 Å². The van der Waals surface area contributed by atoms with E-state index < -0.39 is 11.9 Å². The van der Waals surface area contributed by atoms with Gasteiger partial charge in [0.2, 0.25) is 0 Å². The standard InChI is InChI=1S/C5H10O3.C2H4O2/c1-4(3-8-2)5(6)7;1-2(3)4/h4H,3H2,1-2H3,(H,6,7);1H3,(H,3,4). The summed E-state index contributed by atoms with van der Waals surface area (Å²) in [6, 6.07) is 0. The van der Waals surface area contributed by atoms with E-state index in [1.807, 2.05) is 0 Å². The van der Waals surface area contributed by atoms with Crippen molar-refractivity contribution in [1.82, 2.24) is 0 Å². The Kier molecular flexibility index (Phi) is 8.99. The van der Waals surface area contributed by atoms with Gasteiger partial charge >= 0.3 is 5.97 Å². The maximum absolute atomic E-state index is 10.0. The molecule has 0 saturated carbocycles. The van der Waals surface area contributed by atoms with E-state index in [0.717, 1.165) is 6.92 Å². The molecule has 0 aromatic rings. The van der Waals surface area contributed by atoms with Gasteiger partial charge in [0.1, 0.15) is 0 Å². The zero-order valence-electron chi connectivity index (χ0n) is 7.40. The zero-order chi connectivity index (χ0) is 10.1. The van der Waals surface area contributed by atoms with Crippen molar-refractivity contribution in [3.8, 4) is 0 Å². The summed E-state index contributed by atoms with van der Waals surface area (Å²) in [6.45, 7) is 2.97. The lowest BCUT2D eigenvalue weighted by molar-refractivity contribution is -0.142. The number of rotatable bonds is 3. The van der Waals surface area contributed by atoms with Crippen molar-refractivity contribution in [2.75, 3.05) is 13.7 Å². The Balaban J connectivity index is 0. The van der Waals surface area contributed by atoms with Gasteiger partial charge in [0.25, 0.3) is 5.97 Å². The molecule has 2 N–H and O–H groups in total. The summed E-state index contributed by atoms with van der Waals surface area (Å²) in [5, 5.41) is 15.6. The molecule has 0 fully saturated rings. The maximum Gasteiger partial charge on any atom is 0.308 e. The fourth-order valence-corrected chi connectivity index (χ4v) is 0.321. The SMILES string of the molecule is CC(=O)O.COCC(C)C(=O)O. The van der Waals surface area contributed by atoms with Crippen LogP contribution >= 0.6 is 0 Å². The van der Waals surface area contributed by atoms with E-state index in [1.54, 1.807) is 6.92 Å². The molecular formula is C7H14O5. The third-order valence-electron chi connectivity index (χ3n) is 0.838. The van der Waals surface area contributed by atoms with Crippen LogP contribution in [0.15, 0.2) is 0 Å². The Morgan fingerprint density at radius 3 is 1.83 bits per heavy atom. The highest BCUT2D eigenvalue weighted by Crippen LogP contribution is 1.92. The van der Waals surface area contributed by atoms with Crippen molar-refractivity contribution in [2.45, 2.75) is 13.8 Å². The minimum atomic E-state index is -0.833. The van der Waals surface area contributed by atoms with Crippen LogP contribution < -0.4 is 0 Å². The van der Waals surface area contributed by atoms with Gasteiger partial charge in [0, 0.05) is 14.0 Å². The molecule has 0 aliphatic heterocycles. The number of carboxylic acids is 2. The molecule has 0 aliphatic rings. The zero-order valence-corrected chi connectivity index (χ0v) is 7.40. The first kappa shape index (κ1) is 13.5. The Morgan fingerprint density at radius 2 is 1.75 bits per heavy atom. The number of carboxylic acid groups (broad SMARTS) is 2. The second-order valence-corrected chi connectivity index (χ2v) is 2.21. The molecule has 5 heteroatoms. The fraction of sp³-hybridized carbons (Fsp3) is 0.714. The monoisotopic (exact) mass is 178 g/mol. The Labute approximate surface area is 71.0 Å². The van der Waals surface area contributed by atoms with E-state index in [9.17, 15) is 4.79 Å². The van der Waals surface area contributed by atoms with Crippen LogP contribution in [0.25, 0.3) is 0 Å². The molecule has 0 heterocycles. The summed E-state index contributed by atoms with van der Waals surface area (Å²) < 4.78 is 4.58. The molecule has 12 heavy (non-hydrogen) atoms. The van der Waals surface area contributed by atoms with Gasteiger partial charge in [0.05, 0.1) is 12.5 Å². The Morgan fingerprint density at radius 1 is 1.42 bits per heavy atom. The summed E-state index contributed by atoms with van der Waals surface area (Å²) in [7, 11) is 1.49. The van der Waals surface area contributed by atoms with E-state index in [4.69, 9.17) is 15.0 Å². The first-order valence-electron chi connectivity index (χ1n) is 3.33. The molecule has 0 radical (unpaired) electrons. The number of hydrogen-bond donors (Lipinski definition) is 2. The average Bonchev–Trinajstić information content (AvgIpc) is 1.86. The second-order valence-electron chi connectivity index (χ2n) is 2.21. The number of aliphatic carboxylic acids is 2. The van der Waals surface area contributed by atoms with E-state index in [2.05, 4.69) is 4.74 Å². The lowest BCUT2D eigenvalue weighted by Crippen LogP contribution is -2.14. The van der Waals surface area contributed by atoms with Crippen LogP contribution in [0.4, 0.5) is 0 Å². The molecule has 5 nitrogen and oxygen atoms in total. The summed E-state index contributed by atoms with van der Waals surface area (Å²) in [4.78, 5) is 19.0. The highest BCUT2D eigenvalue weighted by molar-refractivity contribution is 5.69. The van der Waals surface area contributed by atoms with Gasteiger partial charge < -0.3 is 14.9 Å². The van der Waals surface area contributed by atoms with Crippen molar-refractivity contribution in [3.05, 3.63) is 0 Å². The van der Waals surface area contributed by atoms with Crippen molar-refractivity contribution in [3.63, 3.8) is 0 Å². The fourth-order valence-electron chi connectivity index (χ4n) is 0.321. The third kappa shape index (κ3) is 16.0. The average molecular weight is 178 g/mol. The molecule has 0 rings (SSSR count). The topological polar surface area (TPSA) is 83.8 Å². The molecule has 1 unspecified atom stereocenters. The minimum absolute atomic E-state index is 0.287. The molecule has 0 bridgehead atoms. The number of methoxy groups -OCH3 is 1. The quantitative estimate of drug-likeness (QED) is 0.655. The minimum Gasteiger partial charge on any atom is -0.481 e. The van der Waals surface area contributed by atoms with Crippen LogP contribution in [0.2, 0.25) is 0 Å². The van der Waals surface area contributed by atoms with Crippen molar-refractivity contribution >= 4 is 11.9 Å². The van der Waals surface area contributed by atoms with Gasteiger partial charge in [-0.15, -0.1) is 0 Å².